The second kappa shape index (κ2) is 5.77. The third kappa shape index (κ3) is 2.88. The minimum atomic E-state index is -0.395. The first-order chi connectivity index (χ1) is 10.1. The zero-order valence-corrected chi connectivity index (χ0v) is 12.1. The van der Waals surface area contributed by atoms with Crippen molar-refractivity contribution < 1.29 is 9.50 Å². The highest BCUT2D eigenvalue weighted by atomic mass is 35.5. The van der Waals surface area contributed by atoms with Gasteiger partial charge in [0.25, 0.3) is 0 Å². The highest BCUT2D eigenvalue weighted by Gasteiger charge is 2.22. The van der Waals surface area contributed by atoms with Crippen LogP contribution in [0.1, 0.15) is 0 Å². The number of hydrogen-bond donors (Lipinski definition) is 1. The van der Waals surface area contributed by atoms with E-state index in [1.54, 1.807) is 12.1 Å². The Kier molecular flexibility index (Phi) is 3.84. The molecule has 110 valence electrons. The second-order valence-electron chi connectivity index (χ2n) is 4.95. The maximum absolute atomic E-state index is 13.9. The summed E-state index contributed by atoms with van der Waals surface area (Å²) < 4.78 is 13.9. The highest BCUT2D eigenvalue weighted by Crippen LogP contribution is 2.29. The van der Waals surface area contributed by atoms with E-state index in [0.29, 0.717) is 23.8 Å². The number of pyridine rings is 1. The van der Waals surface area contributed by atoms with Crippen molar-refractivity contribution >= 4 is 23.0 Å². The first-order valence-electron chi connectivity index (χ1n) is 6.73. The normalized spacial score (nSPS) is 15.3. The number of aromatic nitrogens is 1. The molecule has 4 nitrogen and oxygen atoms in total. The Hall–Kier alpha value is -2.01. The summed E-state index contributed by atoms with van der Waals surface area (Å²) in [6.07, 6.45) is 2.64. The summed E-state index contributed by atoms with van der Waals surface area (Å²) in [7, 11) is 0. The van der Waals surface area contributed by atoms with Gasteiger partial charge in [-0.3, -0.25) is 4.98 Å². The largest absolute Gasteiger partial charge is 0.508 e. The molecule has 2 aromatic rings. The van der Waals surface area contributed by atoms with Crippen molar-refractivity contribution in [2.24, 2.45) is 0 Å². The average molecular weight is 308 g/mol. The van der Waals surface area contributed by atoms with Crippen molar-refractivity contribution in [3.8, 4) is 5.75 Å². The Labute approximate surface area is 127 Å². The van der Waals surface area contributed by atoms with Crippen LogP contribution in [0, 0.1) is 5.82 Å². The van der Waals surface area contributed by atoms with Gasteiger partial charge in [-0.1, -0.05) is 17.7 Å². The summed E-state index contributed by atoms with van der Waals surface area (Å²) in [6.45, 7) is 2.80. The van der Waals surface area contributed by atoms with Gasteiger partial charge in [0.05, 0.1) is 16.9 Å². The van der Waals surface area contributed by atoms with Gasteiger partial charge in [-0.15, -0.1) is 0 Å². The van der Waals surface area contributed by atoms with Crippen LogP contribution in [0.25, 0.3) is 0 Å². The van der Waals surface area contributed by atoms with Gasteiger partial charge < -0.3 is 14.9 Å². The number of phenols is 1. The Morgan fingerprint density at radius 3 is 2.48 bits per heavy atom. The molecular formula is C15H15ClFN3O. The van der Waals surface area contributed by atoms with E-state index in [2.05, 4.69) is 9.88 Å². The van der Waals surface area contributed by atoms with Gasteiger partial charge in [0.15, 0.2) is 5.82 Å². The quantitative estimate of drug-likeness (QED) is 0.926. The lowest BCUT2D eigenvalue weighted by Crippen LogP contribution is -2.47. The number of piperazine rings is 1. The van der Waals surface area contributed by atoms with Crippen LogP contribution in [0.2, 0.25) is 5.02 Å². The first kappa shape index (κ1) is 13.9. The fourth-order valence-corrected chi connectivity index (χ4v) is 2.85. The Bertz CT molecular complexity index is 624. The third-order valence-electron chi connectivity index (χ3n) is 3.62. The summed E-state index contributed by atoms with van der Waals surface area (Å²) in [5, 5.41) is 9.87. The fourth-order valence-electron chi connectivity index (χ4n) is 2.58. The molecule has 3 rings (SSSR count). The number of halogens is 2. The number of hydrogen-bond acceptors (Lipinski definition) is 4. The van der Waals surface area contributed by atoms with Crippen LogP contribution in [-0.2, 0) is 0 Å². The van der Waals surface area contributed by atoms with Gasteiger partial charge in [-0.25, -0.2) is 4.39 Å². The van der Waals surface area contributed by atoms with E-state index in [4.69, 9.17) is 11.6 Å². The average Bonchev–Trinajstić information content (AvgIpc) is 2.48. The van der Waals surface area contributed by atoms with Crippen molar-refractivity contribution in [1.82, 2.24) is 4.98 Å². The van der Waals surface area contributed by atoms with Crippen molar-refractivity contribution in [1.29, 1.82) is 0 Å². The third-order valence-corrected chi connectivity index (χ3v) is 3.90. The monoisotopic (exact) mass is 307 g/mol. The Morgan fingerprint density at radius 1 is 1.10 bits per heavy atom. The van der Waals surface area contributed by atoms with E-state index in [-0.39, 0.29) is 5.75 Å². The van der Waals surface area contributed by atoms with Crippen molar-refractivity contribution in [3.05, 3.63) is 47.5 Å². The molecule has 0 amide bonds. The van der Waals surface area contributed by atoms with Crippen LogP contribution < -0.4 is 9.80 Å². The molecule has 2 heterocycles. The summed E-state index contributed by atoms with van der Waals surface area (Å²) in [5.74, 6) is -0.147. The standard InChI is InChI=1S/C15H15ClFN3O/c16-13-9-18-10-14(17)15(13)20-6-4-19(5-7-20)11-2-1-3-12(21)8-11/h1-3,8-10,21H,4-7H2. The van der Waals surface area contributed by atoms with Gasteiger partial charge in [0.1, 0.15) is 5.75 Å². The predicted octanol–water partition coefficient (Wildman–Crippen LogP) is 2.91. The van der Waals surface area contributed by atoms with Gasteiger partial charge in [-0.05, 0) is 12.1 Å². The summed E-state index contributed by atoms with van der Waals surface area (Å²) in [4.78, 5) is 7.82. The number of benzene rings is 1. The SMILES string of the molecule is Oc1cccc(N2CCN(c3c(F)cncc3Cl)CC2)c1. The number of phenolic OH excluding ortho intramolecular Hbond substituents is 1. The fraction of sp³-hybridized carbons (Fsp3) is 0.267. The molecule has 0 atom stereocenters. The lowest BCUT2D eigenvalue weighted by atomic mass is 10.2. The second-order valence-corrected chi connectivity index (χ2v) is 5.35. The number of aromatic hydroxyl groups is 1. The lowest BCUT2D eigenvalue weighted by Gasteiger charge is -2.37. The van der Waals surface area contributed by atoms with E-state index in [1.165, 1.54) is 12.4 Å². The molecule has 1 aliphatic rings. The van der Waals surface area contributed by atoms with Gasteiger partial charge in [0.2, 0.25) is 0 Å². The van der Waals surface area contributed by atoms with E-state index < -0.39 is 5.82 Å². The molecule has 0 spiro atoms. The zero-order valence-electron chi connectivity index (χ0n) is 11.3. The van der Waals surface area contributed by atoms with Gasteiger partial charge in [0, 0.05) is 44.1 Å². The molecule has 0 saturated carbocycles. The maximum Gasteiger partial charge on any atom is 0.166 e. The molecule has 0 bridgehead atoms. The molecule has 0 aliphatic carbocycles. The van der Waals surface area contributed by atoms with E-state index in [1.807, 2.05) is 17.0 Å². The molecule has 6 heteroatoms. The van der Waals surface area contributed by atoms with Crippen LogP contribution in [0.5, 0.6) is 5.75 Å². The van der Waals surface area contributed by atoms with Crippen LogP contribution in [0.3, 0.4) is 0 Å². The van der Waals surface area contributed by atoms with Crippen LogP contribution in [0.15, 0.2) is 36.7 Å². The zero-order chi connectivity index (χ0) is 14.8. The summed E-state index contributed by atoms with van der Waals surface area (Å²) in [6, 6.07) is 7.15. The molecule has 1 saturated heterocycles. The smallest absolute Gasteiger partial charge is 0.166 e. The van der Waals surface area contributed by atoms with Crippen LogP contribution in [-0.4, -0.2) is 36.3 Å². The molecule has 1 aromatic heterocycles. The molecule has 0 radical (unpaired) electrons. The Morgan fingerprint density at radius 2 is 1.81 bits per heavy atom. The maximum atomic E-state index is 13.9. The molecule has 1 aromatic carbocycles. The Balaban J connectivity index is 1.73. The van der Waals surface area contributed by atoms with Crippen LogP contribution in [0.4, 0.5) is 15.8 Å². The molecule has 1 aliphatic heterocycles. The number of rotatable bonds is 2. The van der Waals surface area contributed by atoms with E-state index in [9.17, 15) is 9.50 Å². The van der Waals surface area contributed by atoms with Crippen molar-refractivity contribution in [2.75, 3.05) is 36.0 Å². The number of anilines is 2. The van der Waals surface area contributed by atoms with E-state index in [0.717, 1.165) is 18.8 Å². The molecule has 1 fully saturated rings. The molecule has 1 N–H and O–H groups in total. The predicted molar refractivity (Wildman–Crippen MR) is 81.7 cm³/mol. The van der Waals surface area contributed by atoms with Gasteiger partial charge >= 0.3 is 0 Å². The highest BCUT2D eigenvalue weighted by molar-refractivity contribution is 6.33. The van der Waals surface area contributed by atoms with Gasteiger partial charge in [-0.2, -0.15) is 0 Å². The number of nitrogens with zero attached hydrogens (tertiary/aromatic N) is 3. The minimum absolute atomic E-state index is 0.248. The first-order valence-corrected chi connectivity index (χ1v) is 7.11. The van der Waals surface area contributed by atoms with Crippen molar-refractivity contribution in [3.63, 3.8) is 0 Å². The minimum Gasteiger partial charge on any atom is -0.508 e. The molecule has 0 unspecified atom stereocenters. The topological polar surface area (TPSA) is 39.6 Å². The van der Waals surface area contributed by atoms with E-state index >= 15 is 0 Å². The lowest BCUT2D eigenvalue weighted by molar-refractivity contribution is 0.475. The molecule has 21 heavy (non-hydrogen) atoms. The summed E-state index contributed by atoms with van der Waals surface area (Å²) >= 11 is 6.05. The van der Waals surface area contributed by atoms with Crippen LogP contribution >= 0.6 is 11.6 Å². The molecular weight excluding hydrogens is 293 g/mol. The summed E-state index contributed by atoms with van der Waals surface area (Å²) in [5.41, 5.74) is 1.39. The van der Waals surface area contributed by atoms with Crippen molar-refractivity contribution in [2.45, 2.75) is 0 Å².